The van der Waals surface area contributed by atoms with Crippen LogP contribution in [0.15, 0.2) is 73.4 Å². The van der Waals surface area contributed by atoms with E-state index in [4.69, 9.17) is 0 Å². The van der Waals surface area contributed by atoms with E-state index in [1.165, 1.54) is 57.8 Å². The maximum atomic E-state index is 4.33. The Morgan fingerprint density at radius 3 is 1.57 bits per heavy atom. The van der Waals surface area contributed by atoms with Crippen LogP contribution in [0.1, 0.15) is 125 Å². The molecule has 0 heteroatoms. The smallest absolute Gasteiger partial charge is 0.0195 e. The first kappa shape index (κ1) is 33.4. The lowest BCUT2D eigenvalue weighted by atomic mass is 9.60. The van der Waals surface area contributed by atoms with Gasteiger partial charge in [0.1, 0.15) is 0 Å². The molecule has 0 aromatic carbocycles. The molecule has 0 aromatic heterocycles. The van der Waals surface area contributed by atoms with Gasteiger partial charge in [-0.05, 0) is 50.9 Å². The van der Waals surface area contributed by atoms with Gasteiger partial charge in [-0.25, -0.2) is 0 Å². The van der Waals surface area contributed by atoms with Crippen LogP contribution < -0.4 is 0 Å². The molecule has 0 bridgehead atoms. The summed E-state index contributed by atoms with van der Waals surface area (Å²) in [7, 11) is 0. The first-order valence-corrected chi connectivity index (χ1v) is 15.1. The topological polar surface area (TPSA) is 0 Å². The third-order valence-electron chi connectivity index (χ3n) is 7.18. The Hall–Kier alpha value is -1.56. The molecule has 0 saturated heterocycles. The van der Waals surface area contributed by atoms with Gasteiger partial charge in [0.15, 0.2) is 0 Å². The largest absolute Gasteiger partial charge is 0.102 e. The molecule has 200 valence electrons. The molecule has 0 aromatic rings. The zero-order valence-corrected chi connectivity index (χ0v) is 24.5. The lowest BCUT2D eigenvalue weighted by Crippen LogP contribution is -2.36. The minimum absolute atomic E-state index is 0.0589. The van der Waals surface area contributed by atoms with Crippen molar-refractivity contribution in [1.82, 2.24) is 0 Å². The Bertz CT molecular complexity index is 628. The SMILES string of the molecule is C=CC(C=CCCCC)C(C=CCCCC)C(C=CC)(C=CCCCC)C(C=CCCCC)CC. The molecule has 0 radical (unpaired) electrons. The fourth-order valence-electron chi connectivity index (χ4n) is 5.02. The Morgan fingerprint density at radius 1 is 0.629 bits per heavy atom. The number of unbranched alkanes of at least 4 members (excludes halogenated alkanes) is 8. The minimum atomic E-state index is -0.0589. The highest BCUT2D eigenvalue weighted by Crippen LogP contribution is 2.47. The predicted molar refractivity (Wildman–Crippen MR) is 163 cm³/mol. The Morgan fingerprint density at radius 2 is 1.11 bits per heavy atom. The van der Waals surface area contributed by atoms with Crippen LogP contribution in [0.4, 0.5) is 0 Å². The van der Waals surface area contributed by atoms with Crippen LogP contribution in [-0.4, -0.2) is 0 Å². The highest BCUT2D eigenvalue weighted by Gasteiger charge is 2.40. The second kappa shape index (κ2) is 22.9. The molecular formula is C35H60. The van der Waals surface area contributed by atoms with E-state index < -0.39 is 0 Å². The van der Waals surface area contributed by atoms with Crippen molar-refractivity contribution >= 4 is 0 Å². The van der Waals surface area contributed by atoms with E-state index in [0.717, 1.165) is 25.7 Å². The zero-order valence-electron chi connectivity index (χ0n) is 24.5. The Balaban J connectivity index is 6.68. The molecule has 0 saturated carbocycles. The number of rotatable bonds is 22. The fourth-order valence-corrected chi connectivity index (χ4v) is 5.02. The van der Waals surface area contributed by atoms with Crippen molar-refractivity contribution in [2.24, 2.45) is 23.2 Å². The molecule has 4 atom stereocenters. The van der Waals surface area contributed by atoms with Crippen LogP contribution in [0.5, 0.6) is 0 Å². The maximum Gasteiger partial charge on any atom is 0.0195 e. The Labute approximate surface area is 221 Å². The molecule has 0 amide bonds. The van der Waals surface area contributed by atoms with Gasteiger partial charge >= 0.3 is 0 Å². The second-order valence-corrected chi connectivity index (χ2v) is 10.1. The molecular weight excluding hydrogens is 420 g/mol. The lowest BCUT2D eigenvalue weighted by Gasteiger charge is -2.43. The summed E-state index contributed by atoms with van der Waals surface area (Å²) in [5.41, 5.74) is -0.0589. The quantitative estimate of drug-likeness (QED) is 0.107. The lowest BCUT2D eigenvalue weighted by molar-refractivity contribution is 0.232. The molecule has 0 aliphatic carbocycles. The van der Waals surface area contributed by atoms with E-state index in [-0.39, 0.29) is 5.41 Å². The summed E-state index contributed by atoms with van der Waals surface area (Å²) < 4.78 is 0. The molecule has 0 fully saturated rings. The first-order valence-electron chi connectivity index (χ1n) is 15.1. The van der Waals surface area contributed by atoms with E-state index >= 15 is 0 Å². The van der Waals surface area contributed by atoms with Gasteiger partial charge in [-0.2, -0.15) is 0 Å². The summed E-state index contributed by atoms with van der Waals surface area (Å²) in [6, 6.07) is 0. The summed E-state index contributed by atoms with van der Waals surface area (Å²) in [5.74, 6) is 1.13. The highest BCUT2D eigenvalue weighted by atomic mass is 14.4. The van der Waals surface area contributed by atoms with Crippen molar-refractivity contribution in [2.75, 3.05) is 0 Å². The molecule has 0 spiro atoms. The maximum absolute atomic E-state index is 4.33. The van der Waals surface area contributed by atoms with Crippen LogP contribution >= 0.6 is 0 Å². The van der Waals surface area contributed by atoms with Crippen LogP contribution in [-0.2, 0) is 0 Å². The average Bonchev–Trinajstić information content (AvgIpc) is 2.87. The monoisotopic (exact) mass is 480 g/mol. The van der Waals surface area contributed by atoms with Gasteiger partial charge in [-0.1, -0.05) is 153 Å². The van der Waals surface area contributed by atoms with E-state index in [9.17, 15) is 0 Å². The summed E-state index contributed by atoms with van der Waals surface area (Å²) in [6.45, 7) is 18.0. The van der Waals surface area contributed by atoms with Gasteiger partial charge in [0, 0.05) is 11.3 Å². The van der Waals surface area contributed by atoms with Crippen molar-refractivity contribution in [2.45, 2.75) is 125 Å². The summed E-state index contributed by atoms with van der Waals surface area (Å²) in [5, 5.41) is 0. The zero-order chi connectivity index (χ0) is 26.2. The standard InChI is InChI=1S/C35H60/c1-8-15-19-23-27-32(13-6)34(29-25-21-17-10-3)35(30-12-5,31-26-22-18-11-4)33(14-7)28-24-20-16-9-2/h12-13,23-34H,6,8-11,14-22H2,1-5,7H3. The summed E-state index contributed by atoms with van der Waals surface area (Å²) in [6.07, 6.45) is 42.7. The van der Waals surface area contributed by atoms with E-state index in [1.807, 2.05) is 0 Å². The van der Waals surface area contributed by atoms with Gasteiger partial charge in [-0.3, -0.25) is 0 Å². The third-order valence-corrected chi connectivity index (χ3v) is 7.18. The molecule has 0 rings (SSSR count). The van der Waals surface area contributed by atoms with Gasteiger partial charge in [0.05, 0.1) is 0 Å². The van der Waals surface area contributed by atoms with Crippen molar-refractivity contribution in [3.8, 4) is 0 Å². The minimum Gasteiger partial charge on any atom is -0.102 e. The van der Waals surface area contributed by atoms with E-state index in [2.05, 4.69) is 115 Å². The van der Waals surface area contributed by atoms with Gasteiger partial charge < -0.3 is 0 Å². The predicted octanol–water partition coefficient (Wildman–Crippen LogP) is 12.0. The second-order valence-electron chi connectivity index (χ2n) is 10.1. The van der Waals surface area contributed by atoms with Crippen molar-refractivity contribution in [1.29, 1.82) is 0 Å². The Kier molecular flexibility index (Phi) is 21.9. The normalized spacial score (nSPS) is 17.2. The average molecular weight is 481 g/mol. The highest BCUT2D eigenvalue weighted by molar-refractivity contribution is 5.26. The van der Waals surface area contributed by atoms with Crippen LogP contribution in [0, 0.1) is 23.2 Å². The fraction of sp³-hybridized carbons (Fsp3) is 0.657. The first-order chi connectivity index (χ1) is 17.1. The molecule has 35 heavy (non-hydrogen) atoms. The molecule has 0 aliphatic rings. The molecule has 4 unspecified atom stereocenters. The number of hydrogen-bond acceptors (Lipinski definition) is 0. The number of allylic oxidation sites excluding steroid dienone is 11. The van der Waals surface area contributed by atoms with E-state index in [1.54, 1.807) is 0 Å². The van der Waals surface area contributed by atoms with Crippen molar-refractivity contribution < 1.29 is 0 Å². The molecule has 0 aliphatic heterocycles. The summed E-state index contributed by atoms with van der Waals surface area (Å²) in [4.78, 5) is 0. The van der Waals surface area contributed by atoms with Gasteiger partial charge in [0.2, 0.25) is 0 Å². The number of hydrogen-bond donors (Lipinski definition) is 0. The molecule has 0 heterocycles. The molecule has 0 nitrogen and oxygen atoms in total. The van der Waals surface area contributed by atoms with Crippen molar-refractivity contribution in [3.63, 3.8) is 0 Å². The molecule has 0 N–H and O–H groups in total. The van der Waals surface area contributed by atoms with Crippen LogP contribution in [0.2, 0.25) is 0 Å². The van der Waals surface area contributed by atoms with Gasteiger partial charge in [-0.15, -0.1) is 6.58 Å². The van der Waals surface area contributed by atoms with Gasteiger partial charge in [0.25, 0.3) is 0 Å². The van der Waals surface area contributed by atoms with Crippen LogP contribution in [0.3, 0.4) is 0 Å². The van der Waals surface area contributed by atoms with E-state index in [0.29, 0.717) is 17.8 Å². The van der Waals surface area contributed by atoms with Crippen LogP contribution in [0.25, 0.3) is 0 Å². The third kappa shape index (κ3) is 13.4. The summed E-state index contributed by atoms with van der Waals surface area (Å²) >= 11 is 0. The van der Waals surface area contributed by atoms with Crippen molar-refractivity contribution in [3.05, 3.63) is 73.4 Å².